The zero-order chi connectivity index (χ0) is 9.68. The Bertz CT molecular complexity index is 238. The van der Waals surface area contributed by atoms with Crippen molar-refractivity contribution in [3.8, 4) is 0 Å². The monoisotopic (exact) mass is 182 g/mol. The molecule has 0 radical (unpaired) electrons. The van der Waals surface area contributed by atoms with Crippen LogP contribution in [0.25, 0.3) is 0 Å². The van der Waals surface area contributed by atoms with Gasteiger partial charge < -0.3 is 5.32 Å². The number of aryl methyl sites for hydroxylation is 1. The highest BCUT2D eigenvalue weighted by atomic mass is 15.3. The van der Waals surface area contributed by atoms with Gasteiger partial charge in [-0.05, 0) is 13.0 Å². The third-order valence-corrected chi connectivity index (χ3v) is 2.17. The maximum atomic E-state index is 4.21. The van der Waals surface area contributed by atoms with Gasteiger partial charge >= 0.3 is 0 Å². The summed E-state index contributed by atoms with van der Waals surface area (Å²) in [4.78, 5) is 4.21. The van der Waals surface area contributed by atoms with Crippen LogP contribution in [-0.4, -0.2) is 27.9 Å². The number of nitrogens with zero attached hydrogens (tertiary/aromatic N) is 3. The van der Waals surface area contributed by atoms with Gasteiger partial charge in [0.15, 0.2) is 0 Å². The fraction of sp³-hybridized carbons (Fsp3) is 0.778. The molecule has 13 heavy (non-hydrogen) atoms. The van der Waals surface area contributed by atoms with E-state index in [0.717, 1.165) is 18.9 Å². The Hall–Kier alpha value is -0.900. The largest absolute Gasteiger partial charge is 0.316 e. The lowest BCUT2D eigenvalue weighted by atomic mass is 10.1. The molecule has 4 nitrogen and oxygen atoms in total. The Kier molecular flexibility index (Phi) is 3.89. The minimum Gasteiger partial charge on any atom is -0.316 e. The topological polar surface area (TPSA) is 42.7 Å². The quantitative estimate of drug-likeness (QED) is 0.702. The summed E-state index contributed by atoms with van der Waals surface area (Å²) in [6, 6.07) is 0. The van der Waals surface area contributed by atoms with E-state index in [-0.39, 0.29) is 0 Å². The van der Waals surface area contributed by atoms with E-state index in [1.807, 2.05) is 25.6 Å². The molecule has 1 aliphatic rings. The zero-order valence-corrected chi connectivity index (χ0v) is 8.62. The maximum Gasteiger partial charge on any atom is 0.138 e. The van der Waals surface area contributed by atoms with Crippen molar-refractivity contribution in [2.75, 3.05) is 13.1 Å². The molecule has 1 unspecified atom stereocenters. The first kappa shape index (κ1) is 10.2. The molecule has 0 saturated carbocycles. The van der Waals surface area contributed by atoms with Crippen LogP contribution in [0, 0.1) is 0 Å². The van der Waals surface area contributed by atoms with Crippen LogP contribution in [0.5, 0.6) is 0 Å². The van der Waals surface area contributed by atoms with Gasteiger partial charge in [0, 0.05) is 19.5 Å². The predicted octanol–water partition coefficient (Wildman–Crippen LogP) is 0.918. The van der Waals surface area contributed by atoms with Gasteiger partial charge in [-0.1, -0.05) is 13.8 Å². The van der Waals surface area contributed by atoms with Gasteiger partial charge in [0.25, 0.3) is 0 Å². The molecular formula is C9H18N4. The summed E-state index contributed by atoms with van der Waals surface area (Å²) >= 11 is 0. The van der Waals surface area contributed by atoms with E-state index in [9.17, 15) is 0 Å². The molecule has 1 aromatic heterocycles. The molecule has 2 rings (SSSR count). The summed E-state index contributed by atoms with van der Waals surface area (Å²) in [5.74, 6) is 1.68. The van der Waals surface area contributed by atoms with Gasteiger partial charge in [-0.3, -0.25) is 4.68 Å². The number of aromatic nitrogens is 3. The molecule has 0 bridgehead atoms. The minimum atomic E-state index is 0.572. The van der Waals surface area contributed by atoms with Crippen LogP contribution in [0.15, 0.2) is 6.33 Å². The van der Waals surface area contributed by atoms with Crippen molar-refractivity contribution in [1.29, 1.82) is 0 Å². The zero-order valence-electron chi connectivity index (χ0n) is 8.62. The Morgan fingerprint density at radius 3 is 2.77 bits per heavy atom. The van der Waals surface area contributed by atoms with Crippen LogP contribution >= 0.6 is 0 Å². The summed E-state index contributed by atoms with van der Waals surface area (Å²) in [7, 11) is 1.95. The van der Waals surface area contributed by atoms with Gasteiger partial charge in [-0.25, -0.2) is 4.98 Å². The molecule has 2 heterocycles. The van der Waals surface area contributed by atoms with E-state index in [1.165, 1.54) is 6.42 Å². The van der Waals surface area contributed by atoms with Gasteiger partial charge in [0.05, 0.1) is 0 Å². The second-order valence-electron chi connectivity index (χ2n) is 2.93. The first-order chi connectivity index (χ1) is 6.38. The van der Waals surface area contributed by atoms with Crippen molar-refractivity contribution in [2.24, 2.45) is 7.05 Å². The minimum absolute atomic E-state index is 0.572. The lowest BCUT2D eigenvalue weighted by molar-refractivity contribution is 0.622. The van der Waals surface area contributed by atoms with Crippen molar-refractivity contribution in [3.63, 3.8) is 0 Å². The van der Waals surface area contributed by atoms with E-state index < -0.39 is 0 Å². The van der Waals surface area contributed by atoms with E-state index in [2.05, 4.69) is 15.4 Å². The van der Waals surface area contributed by atoms with Gasteiger partial charge in [0.2, 0.25) is 0 Å². The van der Waals surface area contributed by atoms with Crippen molar-refractivity contribution in [2.45, 2.75) is 26.2 Å². The normalized spacial score (nSPS) is 21.0. The molecule has 74 valence electrons. The Morgan fingerprint density at radius 1 is 1.54 bits per heavy atom. The molecule has 1 N–H and O–H groups in total. The van der Waals surface area contributed by atoms with Crippen LogP contribution in [0.4, 0.5) is 0 Å². The molecule has 1 fully saturated rings. The number of rotatable bonds is 1. The molecule has 0 spiro atoms. The average Bonchev–Trinajstić information content (AvgIpc) is 2.77. The van der Waals surface area contributed by atoms with E-state index in [4.69, 9.17) is 0 Å². The fourth-order valence-electron chi connectivity index (χ4n) is 1.55. The first-order valence-electron chi connectivity index (χ1n) is 4.92. The van der Waals surface area contributed by atoms with Crippen LogP contribution in [-0.2, 0) is 7.05 Å². The SMILES string of the molecule is CC.Cn1ncnc1C1CCNC1. The van der Waals surface area contributed by atoms with Crippen LogP contribution in [0.2, 0.25) is 0 Å². The molecular weight excluding hydrogens is 164 g/mol. The van der Waals surface area contributed by atoms with Crippen molar-refractivity contribution in [1.82, 2.24) is 20.1 Å². The summed E-state index contributed by atoms with van der Waals surface area (Å²) in [6.45, 7) is 6.16. The molecule has 1 saturated heterocycles. The molecule has 1 aromatic rings. The lowest BCUT2D eigenvalue weighted by Crippen LogP contribution is -2.11. The Balaban J connectivity index is 0.000000396. The number of nitrogens with one attached hydrogen (secondary N) is 1. The summed E-state index contributed by atoms with van der Waals surface area (Å²) in [5.41, 5.74) is 0. The van der Waals surface area contributed by atoms with Gasteiger partial charge in [-0.15, -0.1) is 0 Å². The molecule has 1 atom stereocenters. The molecule has 0 aliphatic carbocycles. The van der Waals surface area contributed by atoms with E-state index >= 15 is 0 Å². The van der Waals surface area contributed by atoms with Crippen molar-refractivity contribution < 1.29 is 0 Å². The maximum absolute atomic E-state index is 4.21. The highest BCUT2D eigenvalue weighted by Crippen LogP contribution is 2.18. The highest BCUT2D eigenvalue weighted by Gasteiger charge is 2.20. The molecule has 0 amide bonds. The highest BCUT2D eigenvalue weighted by molar-refractivity contribution is 4.99. The van der Waals surface area contributed by atoms with E-state index in [0.29, 0.717) is 5.92 Å². The summed E-state index contributed by atoms with van der Waals surface area (Å²) in [6.07, 6.45) is 2.81. The smallest absolute Gasteiger partial charge is 0.138 e. The van der Waals surface area contributed by atoms with E-state index in [1.54, 1.807) is 6.33 Å². The molecule has 1 aliphatic heterocycles. The standard InChI is InChI=1S/C7H12N4.C2H6/c1-11-7(9-5-10-11)6-2-3-8-4-6;1-2/h5-6,8H,2-4H2,1H3;1-2H3. The second-order valence-corrected chi connectivity index (χ2v) is 2.93. The number of hydrogen-bond donors (Lipinski definition) is 1. The van der Waals surface area contributed by atoms with Crippen LogP contribution in [0.1, 0.15) is 32.0 Å². The van der Waals surface area contributed by atoms with Crippen LogP contribution in [0.3, 0.4) is 0 Å². The lowest BCUT2D eigenvalue weighted by Gasteiger charge is -2.05. The van der Waals surface area contributed by atoms with Gasteiger partial charge in [-0.2, -0.15) is 5.10 Å². The van der Waals surface area contributed by atoms with Crippen molar-refractivity contribution >= 4 is 0 Å². The Labute approximate surface area is 79.4 Å². The molecule has 0 aromatic carbocycles. The first-order valence-corrected chi connectivity index (χ1v) is 4.92. The third kappa shape index (κ3) is 2.28. The Morgan fingerprint density at radius 2 is 2.31 bits per heavy atom. The second kappa shape index (κ2) is 4.97. The average molecular weight is 182 g/mol. The number of hydrogen-bond acceptors (Lipinski definition) is 3. The van der Waals surface area contributed by atoms with Crippen LogP contribution < -0.4 is 5.32 Å². The summed E-state index contributed by atoms with van der Waals surface area (Å²) < 4.78 is 1.86. The predicted molar refractivity (Wildman–Crippen MR) is 52.6 cm³/mol. The fourth-order valence-corrected chi connectivity index (χ4v) is 1.55. The summed E-state index contributed by atoms with van der Waals surface area (Å²) in [5, 5.41) is 7.35. The van der Waals surface area contributed by atoms with Crippen molar-refractivity contribution in [3.05, 3.63) is 12.2 Å². The molecule has 4 heteroatoms. The van der Waals surface area contributed by atoms with Gasteiger partial charge in [0.1, 0.15) is 12.2 Å². The third-order valence-electron chi connectivity index (χ3n) is 2.17.